The van der Waals surface area contributed by atoms with Gasteiger partial charge in [-0.15, -0.1) is 0 Å². The number of Topliss-reactive ketones (excluding diaryl/α,β-unsaturated/α-hetero) is 1. The quantitative estimate of drug-likeness (QED) is 0.257. The van der Waals surface area contributed by atoms with Gasteiger partial charge in [0.1, 0.15) is 17.2 Å². The number of ketones is 1. The van der Waals surface area contributed by atoms with Crippen LogP contribution in [-0.4, -0.2) is 63.6 Å². The van der Waals surface area contributed by atoms with E-state index in [1.165, 1.54) is 30.1 Å². The number of quaternary nitrogens is 1. The van der Waals surface area contributed by atoms with Crippen LogP contribution in [0.25, 0.3) is 5.76 Å². The van der Waals surface area contributed by atoms with Crippen molar-refractivity contribution in [3.63, 3.8) is 0 Å². The van der Waals surface area contributed by atoms with Gasteiger partial charge in [-0.2, -0.15) is 0 Å². The summed E-state index contributed by atoms with van der Waals surface area (Å²) in [5.41, 5.74) is 0.578. The van der Waals surface area contributed by atoms with Crippen molar-refractivity contribution in [2.24, 2.45) is 0 Å². The highest BCUT2D eigenvalue weighted by atomic mass is 35.5. The summed E-state index contributed by atoms with van der Waals surface area (Å²) in [6, 6.07) is 8.82. The minimum absolute atomic E-state index is 0.132. The lowest BCUT2D eigenvalue weighted by atomic mass is 9.94. The Kier molecular flexibility index (Phi) is 9.83. The molecule has 2 aromatic rings. The molecule has 1 amide bonds. The van der Waals surface area contributed by atoms with Crippen molar-refractivity contribution in [3.8, 4) is 17.2 Å². The number of hydrogen-bond donors (Lipinski definition) is 1. The van der Waals surface area contributed by atoms with Crippen molar-refractivity contribution in [1.82, 2.24) is 4.90 Å². The lowest BCUT2D eigenvalue weighted by Gasteiger charge is -2.29. The summed E-state index contributed by atoms with van der Waals surface area (Å²) >= 11 is 6.33. The highest BCUT2D eigenvalue weighted by molar-refractivity contribution is 6.46. The van der Waals surface area contributed by atoms with Crippen LogP contribution in [0.2, 0.25) is 5.02 Å². The zero-order valence-electron chi connectivity index (χ0n) is 22.1. The molecule has 2 aromatic carbocycles. The topological polar surface area (TPSA) is 92.6 Å². The number of rotatable bonds is 12. The van der Waals surface area contributed by atoms with E-state index in [0.29, 0.717) is 42.4 Å². The Morgan fingerprint density at radius 1 is 1.03 bits per heavy atom. The second-order valence-corrected chi connectivity index (χ2v) is 9.13. The summed E-state index contributed by atoms with van der Waals surface area (Å²) in [4.78, 5) is 29.5. The van der Waals surface area contributed by atoms with Crippen LogP contribution < -0.4 is 24.2 Å². The van der Waals surface area contributed by atoms with Crippen molar-refractivity contribution in [2.45, 2.75) is 33.2 Å². The second-order valence-electron chi connectivity index (χ2n) is 8.72. The number of amides is 1. The molecule has 0 aliphatic carbocycles. The molecule has 0 saturated carbocycles. The number of halogens is 1. The highest BCUT2D eigenvalue weighted by Crippen LogP contribution is 2.43. The van der Waals surface area contributed by atoms with Crippen LogP contribution >= 0.6 is 11.6 Å². The van der Waals surface area contributed by atoms with Gasteiger partial charge in [0.2, 0.25) is 5.78 Å². The monoisotopic (exact) mass is 530 g/mol. The van der Waals surface area contributed by atoms with E-state index in [2.05, 4.69) is 13.8 Å². The Labute approximate surface area is 223 Å². The van der Waals surface area contributed by atoms with Gasteiger partial charge in [-0.05, 0) is 56.7 Å². The van der Waals surface area contributed by atoms with Gasteiger partial charge in [0.05, 0.1) is 51.5 Å². The van der Waals surface area contributed by atoms with E-state index >= 15 is 0 Å². The second kappa shape index (κ2) is 12.8. The third-order valence-electron chi connectivity index (χ3n) is 6.68. The Balaban J connectivity index is 2.14. The van der Waals surface area contributed by atoms with E-state index in [0.717, 1.165) is 19.6 Å². The van der Waals surface area contributed by atoms with E-state index < -0.39 is 23.5 Å². The first-order valence-electron chi connectivity index (χ1n) is 12.6. The van der Waals surface area contributed by atoms with Gasteiger partial charge in [0.15, 0.2) is 0 Å². The molecule has 1 aliphatic rings. The molecular weight excluding hydrogens is 496 g/mol. The molecule has 1 unspecified atom stereocenters. The van der Waals surface area contributed by atoms with Gasteiger partial charge in [-0.25, -0.2) is 0 Å². The standard InChI is InChI=1S/C28H35ClN2O6/c1-6-30(7-2)14-9-15-31-25(20-17-19(35-4)11-13-22(20)36-5)24(27(33)28(31)34)26(32)18-10-12-23(37-8-3)21(29)16-18/h10-13,16-17,25,32H,6-9,14-15H2,1-5H3/b26-24+. The number of carbonyl (C=O) groups is 2. The van der Waals surface area contributed by atoms with Crippen molar-refractivity contribution >= 4 is 29.1 Å². The zero-order chi connectivity index (χ0) is 27.1. The van der Waals surface area contributed by atoms with Gasteiger partial charge in [0.25, 0.3) is 5.91 Å². The fraction of sp³-hybridized carbons (Fsp3) is 0.429. The van der Waals surface area contributed by atoms with Gasteiger partial charge in [-0.3, -0.25) is 9.59 Å². The van der Waals surface area contributed by atoms with Crippen molar-refractivity contribution < 1.29 is 33.8 Å². The van der Waals surface area contributed by atoms with Gasteiger partial charge in [-0.1, -0.05) is 23.4 Å². The van der Waals surface area contributed by atoms with E-state index in [-0.39, 0.29) is 16.2 Å². The number of carbonyl (C=O) groups excluding carboxylic acids is 2. The van der Waals surface area contributed by atoms with Crippen LogP contribution in [-0.2, 0) is 9.59 Å². The molecular formula is C28H35ClN2O6. The Morgan fingerprint density at radius 3 is 2.32 bits per heavy atom. The van der Waals surface area contributed by atoms with E-state index in [1.54, 1.807) is 30.3 Å². The molecule has 3 rings (SSSR count). The molecule has 0 aromatic heterocycles. The lowest BCUT2D eigenvalue weighted by Crippen LogP contribution is -3.11. The normalized spacial score (nSPS) is 16.9. The van der Waals surface area contributed by atoms with Crippen LogP contribution in [0.4, 0.5) is 0 Å². The Hall–Kier alpha value is -3.23. The highest BCUT2D eigenvalue weighted by Gasteiger charge is 2.45. The number of nitrogens with one attached hydrogen (secondary N) is 1. The molecule has 1 N–H and O–H groups in total. The SMILES string of the molecule is CCOc1ccc(/C([O-])=C2\C(=O)C(=O)N(CCC[NH+](CC)CC)C2c2cc(OC)ccc2OC)cc1Cl. The Bertz CT molecular complexity index is 1160. The summed E-state index contributed by atoms with van der Waals surface area (Å²) < 4.78 is 16.5. The predicted octanol–water partition coefficient (Wildman–Crippen LogP) is 2.29. The summed E-state index contributed by atoms with van der Waals surface area (Å²) in [5, 5.41) is 14.0. The molecule has 0 bridgehead atoms. The maximum Gasteiger partial charge on any atom is 0.295 e. The number of nitrogens with zero attached hydrogens (tertiary/aromatic N) is 1. The fourth-order valence-electron chi connectivity index (χ4n) is 4.65. The van der Waals surface area contributed by atoms with E-state index in [9.17, 15) is 14.7 Å². The molecule has 1 atom stereocenters. The average molecular weight is 531 g/mol. The van der Waals surface area contributed by atoms with Gasteiger partial charge in [0, 0.05) is 24.1 Å². The number of methoxy groups -OCH3 is 2. The third kappa shape index (κ3) is 6.02. The largest absolute Gasteiger partial charge is 0.872 e. The van der Waals surface area contributed by atoms with Gasteiger partial charge < -0.3 is 29.1 Å². The number of benzene rings is 2. The third-order valence-corrected chi connectivity index (χ3v) is 6.98. The number of hydrogen-bond acceptors (Lipinski definition) is 6. The Morgan fingerprint density at radius 2 is 1.73 bits per heavy atom. The molecule has 9 heteroatoms. The zero-order valence-corrected chi connectivity index (χ0v) is 22.8. The molecule has 1 saturated heterocycles. The summed E-state index contributed by atoms with van der Waals surface area (Å²) in [6.45, 7) is 9.55. The maximum absolute atomic E-state index is 13.8. The van der Waals surface area contributed by atoms with Crippen LogP contribution in [0.3, 0.4) is 0 Å². The molecule has 1 aliphatic heterocycles. The number of likely N-dealkylation sites (tertiary alicyclic amines) is 1. The van der Waals surface area contributed by atoms with E-state index in [4.69, 9.17) is 25.8 Å². The molecule has 1 fully saturated rings. The van der Waals surface area contributed by atoms with Gasteiger partial charge >= 0.3 is 0 Å². The summed E-state index contributed by atoms with van der Waals surface area (Å²) in [6.07, 6.45) is 0.676. The minimum atomic E-state index is -0.922. The molecule has 8 nitrogen and oxygen atoms in total. The van der Waals surface area contributed by atoms with Crippen molar-refractivity contribution in [3.05, 3.63) is 58.1 Å². The molecule has 200 valence electrons. The smallest absolute Gasteiger partial charge is 0.295 e. The first-order valence-corrected chi connectivity index (χ1v) is 12.9. The summed E-state index contributed by atoms with van der Waals surface area (Å²) in [7, 11) is 3.03. The molecule has 37 heavy (non-hydrogen) atoms. The molecule has 0 radical (unpaired) electrons. The first kappa shape index (κ1) is 28.3. The van der Waals surface area contributed by atoms with Crippen molar-refractivity contribution in [1.29, 1.82) is 0 Å². The van der Waals surface area contributed by atoms with Crippen molar-refractivity contribution in [2.75, 3.05) is 47.0 Å². The average Bonchev–Trinajstić information content (AvgIpc) is 3.16. The molecule has 1 heterocycles. The number of ether oxygens (including phenoxy) is 3. The van der Waals surface area contributed by atoms with Crippen LogP contribution in [0.5, 0.6) is 17.2 Å². The maximum atomic E-state index is 13.8. The van der Waals surface area contributed by atoms with Crippen LogP contribution in [0.15, 0.2) is 42.0 Å². The first-order chi connectivity index (χ1) is 17.8. The molecule has 0 spiro atoms. The minimum Gasteiger partial charge on any atom is -0.872 e. The van der Waals surface area contributed by atoms with Crippen LogP contribution in [0.1, 0.15) is 44.4 Å². The fourth-order valence-corrected chi connectivity index (χ4v) is 4.89. The predicted molar refractivity (Wildman–Crippen MR) is 140 cm³/mol. The summed E-state index contributed by atoms with van der Waals surface area (Å²) in [5.74, 6) is -0.681. The van der Waals surface area contributed by atoms with E-state index in [1.807, 2.05) is 6.92 Å². The van der Waals surface area contributed by atoms with Crippen LogP contribution in [0, 0.1) is 0 Å². The lowest BCUT2D eigenvalue weighted by molar-refractivity contribution is -0.896.